The lowest BCUT2D eigenvalue weighted by molar-refractivity contribution is -0.138. The lowest BCUT2D eigenvalue weighted by atomic mass is 10.1. The van der Waals surface area contributed by atoms with Gasteiger partial charge in [-0.05, 0) is 42.2 Å². The summed E-state index contributed by atoms with van der Waals surface area (Å²) in [5, 5.41) is 3.12. The number of hydrogen-bond donors (Lipinski definition) is 1. The summed E-state index contributed by atoms with van der Waals surface area (Å²) in [6.45, 7) is 2.01. The molecule has 2 amide bonds. The Labute approximate surface area is 148 Å². The van der Waals surface area contributed by atoms with E-state index >= 15 is 0 Å². The van der Waals surface area contributed by atoms with Gasteiger partial charge in [0.05, 0.1) is 19.3 Å². The third-order valence-electron chi connectivity index (χ3n) is 3.90. The van der Waals surface area contributed by atoms with Crippen LogP contribution in [0.4, 0.5) is 5.00 Å². The maximum atomic E-state index is 12.5. The van der Waals surface area contributed by atoms with E-state index < -0.39 is 23.5 Å². The van der Waals surface area contributed by atoms with Gasteiger partial charge in [0.15, 0.2) is 11.7 Å². The largest absolute Gasteiger partial charge is 0.497 e. The average Bonchev–Trinajstić information content (AvgIpc) is 3.11. The number of ketones is 1. The Morgan fingerprint density at radius 2 is 2.08 bits per heavy atom. The Balaban J connectivity index is 1.67. The number of methoxy groups -OCH3 is 1. The highest BCUT2D eigenvalue weighted by atomic mass is 32.1. The van der Waals surface area contributed by atoms with Gasteiger partial charge in [-0.1, -0.05) is 12.1 Å². The molecule has 1 aromatic carbocycles. The van der Waals surface area contributed by atoms with Crippen molar-refractivity contribution in [1.82, 2.24) is 9.27 Å². The number of benzene rings is 1. The third-order valence-corrected chi connectivity index (χ3v) is 4.69. The standard InChI is InChI=1S/C17H17N3O4S/c1-10-7-14(25-19-10)18-16(22)15-13(21)9-20(17(15)23)8-11-3-5-12(24-2)6-4-11/h3-7,15H,8-9H2,1-2H3,(H,18,22). The minimum Gasteiger partial charge on any atom is -0.497 e. The van der Waals surface area contributed by atoms with Crippen LogP contribution in [0, 0.1) is 12.8 Å². The van der Waals surface area contributed by atoms with Gasteiger partial charge in [-0.3, -0.25) is 14.4 Å². The number of likely N-dealkylation sites (tertiary alicyclic amines) is 1. The van der Waals surface area contributed by atoms with Crippen LogP contribution in [0.3, 0.4) is 0 Å². The SMILES string of the molecule is COc1ccc(CN2CC(=O)C(C(=O)Nc3cc(C)ns3)C2=O)cc1. The number of hydrogen-bond acceptors (Lipinski definition) is 6. The van der Waals surface area contributed by atoms with Gasteiger partial charge in [0.2, 0.25) is 11.8 Å². The van der Waals surface area contributed by atoms with E-state index in [0.717, 1.165) is 22.8 Å². The maximum absolute atomic E-state index is 12.5. The molecule has 0 radical (unpaired) electrons. The zero-order valence-electron chi connectivity index (χ0n) is 13.8. The number of aryl methyl sites for hydroxylation is 1. The number of carbonyl (C=O) groups is 3. The van der Waals surface area contributed by atoms with Crippen molar-refractivity contribution in [3.8, 4) is 5.75 Å². The Morgan fingerprint density at radius 1 is 1.36 bits per heavy atom. The fourth-order valence-corrected chi connectivity index (χ4v) is 3.30. The van der Waals surface area contributed by atoms with Crippen LogP contribution in [0.15, 0.2) is 30.3 Å². The quantitative estimate of drug-likeness (QED) is 0.820. The van der Waals surface area contributed by atoms with Crippen LogP contribution in [0.1, 0.15) is 11.3 Å². The monoisotopic (exact) mass is 359 g/mol. The molecular formula is C17H17N3O4S. The highest BCUT2D eigenvalue weighted by Crippen LogP contribution is 2.22. The van der Waals surface area contributed by atoms with Crippen molar-refractivity contribution in [2.45, 2.75) is 13.5 Å². The molecule has 0 aliphatic carbocycles. The van der Waals surface area contributed by atoms with Crippen LogP contribution in [0.25, 0.3) is 0 Å². The molecule has 1 saturated heterocycles. The number of rotatable bonds is 5. The predicted octanol–water partition coefficient (Wildman–Crippen LogP) is 1.63. The van der Waals surface area contributed by atoms with Crippen molar-refractivity contribution in [3.63, 3.8) is 0 Å². The van der Waals surface area contributed by atoms with E-state index in [0.29, 0.717) is 10.8 Å². The number of nitrogens with zero attached hydrogens (tertiary/aromatic N) is 2. The van der Waals surface area contributed by atoms with Gasteiger partial charge in [0.1, 0.15) is 10.8 Å². The van der Waals surface area contributed by atoms with Gasteiger partial charge in [-0.15, -0.1) is 0 Å². The summed E-state index contributed by atoms with van der Waals surface area (Å²) in [6.07, 6.45) is 0. The third kappa shape index (κ3) is 3.69. The van der Waals surface area contributed by atoms with Gasteiger partial charge in [0.25, 0.3) is 0 Å². The summed E-state index contributed by atoms with van der Waals surface area (Å²) in [4.78, 5) is 38.4. The van der Waals surface area contributed by atoms with Crippen LogP contribution in [0.5, 0.6) is 5.75 Å². The summed E-state index contributed by atoms with van der Waals surface area (Å²) in [6, 6.07) is 8.91. The first-order valence-electron chi connectivity index (χ1n) is 7.66. The molecule has 1 aliphatic rings. The van der Waals surface area contributed by atoms with E-state index in [1.807, 2.05) is 12.1 Å². The molecule has 2 heterocycles. The maximum Gasteiger partial charge on any atom is 0.245 e. The molecule has 2 aromatic rings. The number of Topliss-reactive ketones (excluding diaryl/α,β-unsaturated/α-hetero) is 1. The number of carbonyl (C=O) groups excluding carboxylic acids is 3. The van der Waals surface area contributed by atoms with Gasteiger partial charge >= 0.3 is 0 Å². The molecular weight excluding hydrogens is 342 g/mol. The molecule has 0 spiro atoms. The summed E-state index contributed by atoms with van der Waals surface area (Å²) >= 11 is 1.12. The molecule has 1 fully saturated rings. The second-order valence-corrected chi connectivity index (χ2v) is 6.57. The van der Waals surface area contributed by atoms with Crippen LogP contribution in [-0.2, 0) is 20.9 Å². The zero-order valence-corrected chi connectivity index (χ0v) is 14.6. The molecule has 0 bridgehead atoms. The van der Waals surface area contributed by atoms with Crippen LogP contribution >= 0.6 is 11.5 Å². The molecule has 0 saturated carbocycles. The van der Waals surface area contributed by atoms with Crippen molar-refractivity contribution in [2.75, 3.05) is 19.0 Å². The van der Waals surface area contributed by atoms with E-state index in [1.165, 1.54) is 4.90 Å². The summed E-state index contributed by atoms with van der Waals surface area (Å²) in [5.41, 5.74) is 1.63. The molecule has 1 aromatic heterocycles. The van der Waals surface area contributed by atoms with Crippen LogP contribution in [0.2, 0.25) is 0 Å². The van der Waals surface area contributed by atoms with Crippen LogP contribution < -0.4 is 10.1 Å². The topological polar surface area (TPSA) is 88.6 Å². The van der Waals surface area contributed by atoms with Gasteiger partial charge in [0, 0.05) is 6.54 Å². The first kappa shape index (κ1) is 17.1. The number of anilines is 1. The Bertz CT molecular complexity index is 816. The molecule has 25 heavy (non-hydrogen) atoms. The lowest BCUT2D eigenvalue weighted by Gasteiger charge is -2.15. The minimum absolute atomic E-state index is 0.0648. The Hall–Kier alpha value is -2.74. The lowest BCUT2D eigenvalue weighted by Crippen LogP contribution is -2.34. The van der Waals surface area contributed by atoms with E-state index in [1.54, 1.807) is 32.2 Å². The number of nitrogens with one attached hydrogen (secondary N) is 1. The molecule has 130 valence electrons. The van der Waals surface area contributed by atoms with Gasteiger partial charge in [-0.2, -0.15) is 4.37 Å². The average molecular weight is 359 g/mol. The van der Waals surface area contributed by atoms with E-state index in [2.05, 4.69) is 9.69 Å². The van der Waals surface area contributed by atoms with Crippen LogP contribution in [-0.4, -0.2) is 40.5 Å². The highest BCUT2D eigenvalue weighted by Gasteiger charge is 2.44. The normalized spacial score (nSPS) is 17.0. The predicted molar refractivity (Wildman–Crippen MR) is 92.4 cm³/mol. The fraction of sp³-hybridized carbons (Fsp3) is 0.294. The number of aromatic nitrogens is 1. The van der Waals surface area contributed by atoms with Crippen molar-refractivity contribution >= 4 is 34.1 Å². The van der Waals surface area contributed by atoms with E-state index in [9.17, 15) is 14.4 Å². The number of amides is 2. The first-order valence-corrected chi connectivity index (χ1v) is 8.44. The van der Waals surface area contributed by atoms with Crippen molar-refractivity contribution in [2.24, 2.45) is 5.92 Å². The molecule has 3 rings (SSSR count). The molecule has 1 aliphatic heterocycles. The summed E-state index contributed by atoms with van der Waals surface area (Å²) in [5.74, 6) is -2.04. The minimum atomic E-state index is -1.29. The van der Waals surface area contributed by atoms with Crippen molar-refractivity contribution in [1.29, 1.82) is 0 Å². The van der Waals surface area contributed by atoms with Gasteiger partial charge < -0.3 is 15.0 Å². The zero-order chi connectivity index (χ0) is 18.0. The highest BCUT2D eigenvalue weighted by molar-refractivity contribution is 7.10. The molecule has 1 atom stereocenters. The fourth-order valence-electron chi connectivity index (χ4n) is 2.64. The molecule has 7 nitrogen and oxygen atoms in total. The number of ether oxygens (including phenoxy) is 1. The molecule has 8 heteroatoms. The Kier molecular flexibility index (Phi) is 4.80. The Morgan fingerprint density at radius 3 is 2.68 bits per heavy atom. The second kappa shape index (κ2) is 7.02. The molecule has 1 unspecified atom stereocenters. The molecule has 1 N–H and O–H groups in total. The smallest absolute Gasteiger partial charge is 0.245 e. The summed E-state index contributed by atoms with van der Waals surface area (Å²) in [7, 11) is 1.57. The first-order chi connectivity index (χ1) is 12.0. The second-order valence-electron chi connectivity index (χ2n) is 5.76. The van der Waals surface area contributed by atoms with E-state index in [4.69, 9.17) is 4.74 Å². The van der Waals surface area contributed by atoms with Gasteiger partial charge in [-0.25, -0.2) is 0 Å². The van der Waals surface area contributed by atoms with Crippen molar-refractivity contribution < 1.29 is 19.1 Å². The van der Waals surface area contributed by atoms with Crippen molar-refractivity contribution in [3.05, 3.63) is 41.6 Å². The summed E-state index contributed by atoms with van der Waals surface area (Å²) < 4.78 is 9.15. The van der Waals surface area contributed by atoms with E-state index in [-0.39, 0.29) is 13.1 Å².